The Morgan fingerprint density at radius 2 is 2.24 bits per heavy atom. The van der Waals surface area contributed by atoms with Crippen LogP contribution in [0.3, 0.4) is 0 Å². The number of rotatable bonds is 5. The summed E-state index contributed by atoms with van der Waals surface area (Å²) in [5, 5.41) is 0. The highest BCUT2D eigenvalue weighted by Crippen LogP contribution is 2.35. The SMILES string of the molecule is CCOC1CCCN(C(CN)c2ccc3c(c2)OCO3)C1. The summed E-state index contributed by atoms with van der Waals surface area (Å²) < 4.78 is 16.6. The first kappa shape index (κ1) is 14.6. The largest absolute Gasteiger partial charge is 0.454 e. The summed E-state index contributed by atoms with van der Waals surface area (Å²) >= 11 is 0. The van der Waals surface area contributed by atoms with Crippen LogP contribution in [0.4, 0.5) is 0 Å². The van der Waals surface area contributed by atoms with E-state index in [2.05, 4.69) is 24.0 Å². The number of fused-ring (bicyclic) bond motifs is 1. The van der Waals surface area contributed by atoms with Crippen LogP contribution in [0, 0.1) is 0 Å². The van der Waals surface area contributed by atoms with Gasteiger partial charge in [-0.2, -0.15) is 0 Å². The Labute approximate surface area is 126 Å². The van der Waals surface area contributed by atoms with Gasteiger partial charge in [-0.15, -0.1) is 0 Å². The van der Waals surface area contributed by atoms with Gasteiger partial charge in [0.2, 0.25) is 6.79 Å². The fourth-order valence-corrected chi connectivity index (χ4v) is 3.24. The lowest BCUT2D eigenvalue weighted by Gasteiger charge is -2.37. The van der Waals surface area contributed by atoms with Gasteiger partial charge in [-0.25, -0.2) is 0 Å². The first-order valence-corrected chi connectivity index (χ1v) is 7.77. The molecule has 1 saturated heterocycles. The smallest absolute Gasteiger partial charge is 0.231 e. The predicted molar refractivity (Wildman–Crippen MR) is 80.6 cm³/mol. The molecule has 0 bridgehead atoms. The molecule has 0 saturated carbocycles. The van der Waals surface area contributed by atoms with Crippen molar-refractivity contribution in [3.63, 3.8) is 0 Å². The van der Waals surface area contributed by atoms with Crippen molar-refractivity contribution < 1.29 is 14.2 Å². The van der Waals surface area contributed by atoms with Crippen molar-refractivity contribution in [1.29, 1.82) is 0 Å². The molecule has 3 rings (SSSR count). The monoisotopic (exact) mass is 292 g/mol. The average molecular weight is 292 g/mol. The molecule has 2 heterocycles. The minimum atomic E-state index is 0.211. The first-order valence-electron chi connectivity index (χ1n) is 7.77. The van der Waals surface area contributed by atoms with Crippen LogP contribution in [0.15, 0.2) is 18.2 Å². The molecule has 2 aliphatic heterocycles. The summed E-state index contributed by atoms with van der Waals surface area (Å²) in [4.78, 5) is 2.43. The summed E-state index contributed by atoms with van der Waals surface area (Å²) in [5.41, 5.74) is 7.24. The van der Waals surface area contributed by atoms with Gasteiger partial charge in [-0.05, 0) is 44.0 Å². The lowest BCUT2D eigenvalue weighted by Crippen LogP contribution is -2.44. The number of nitrogens with two attached hydrogens (primary N) is 1. The van der Waals surface area contributed by atoms with Crippen molar-refractivity contribution in [3.8, 4) is 11.5 Å². The van der Waals surface area contributed by atoms with Crippen LogP contribution in [0.25, 0.3) is 0 Å². The van der Waals surface area contributed by atoms with E-state index in [1.54, 1.807) is 0 Å². The second-order valence-electron chi connectivity index (χ2n) is 5.58. The Morgan fingerprint density at radius 1 is 1.38 bits per heavy atom. The van der Waals surface area contributed by atoms with E-state index in [1.165, 1.54) is 5.56 Å². The molecule has 1 aromatic rings. The topological polar surface area (TPSA) is 57.0 Å². The molecule has 0 amide bonds. The van der Waals surface area contributed by atoms with Gasteiger partial charge in [0.05, 0.1) is 6.10 Å². The molecular formula is C16H24N2O3. The molecule has 1 fully saturated rings. The predicted octanol–water partition coefficient (Wildman–Crippen LogP) is 1.92. The lowest BCUT2D eigenvalue weighted by molar-refractivity contribution is -0.00661. The standard InChI is InChI=1S/C16H24N2O3/c1-2-19-13-4-3-7-18(10-13)14(9-17)12-5-6-15-16(8-12)21-11-20-15/h5-6,8,13-14H,2-4,7,9-11,17H2,1H3. The van der Waals surface area contributed by atoms with Crippen molar-refractivity contribution in [2.45, 2.75) is 31.9 Å². The number of piperidine rings is 1. The van der Waals surface area contributed by atoms with Crippen molar-refractivity contribution >= 4 is 0 Å². The molecule has 0 radical (unpaired) electrons. The number of hydrogen-bond donors (Lipinski definition) is 1. The van der Waals surface area contributed by atoms with Gasteiger partial charge >= 0.3 is 0 Å². The van der Waals surface area contributed by atoms with Crippen LogP contribution in [0.2, 0.25) is 0 Å². The van der Waals surface area contributed by atoms with Crippen molar-refractivity contribution in [3.05, 3.63) is 23.8 Å². The Kier molecular flexibility index (Phi) is 4.63. The number of nitrogens with zero attached hydrogens (tertiary/aromatic N) is 1. The molecule has 2 atom stereocenters. The van der Waals surface area contributed by atoms with Crippen molar-refractivity contribution in [2.75, 3.05) is 33.0 Å². The van der Waals surface area contributed by atoms with Gasteiger partial charge in [0.25, 0.3) is 0 Å². The van der Waals surface area contributed by atoms with Crippen LogP contribution in [0.5, 0.6) is 11.5 Å². The fraction of sp³-hybridized carbons (Fsp3) is 0.625. The van der Waals surface area contributed by atoms with Crippen LogP contribution in [0.1, 0.15) is 31.4 Å². The third-order valence-electron chi connectivity index (χ3n) is 4.26. The minimum absolute atomic E-state index is 0.211. The zero-order valence-corrected chi connectivity index (χ0v) is 12.6. The van der Waals surface area contributed by atoms with Gasteiger partial charge in [0, 0.05) is 25.7 Å². The molecule has 2 N–H and O–H groups in total. The normalized spacial score (nSPS) is 23.2. The van der Waals surface area contributed by atoms with Crippen molar-refractivity contribution in [2.24, 2.45) is 5.73 Å². The summed E-state index contributed by atoms with van der Waals surface area (Å²) in [6.45, 7) is 5.75. The second kappa shape index (κ2) is 6.64. The fourth-order valence-electron chi connectivity index (χ4n) is 3.24. The molecule has 0 aliphatic carbocycles. The molecule has 5 heteroatoms. The van der Waals surface area contributed by atoms with Crippen LogP contribution >= 0.6 is 0 Å². The Morgan fingerprint density at radius 3 is 3.05 bits per heavy atom. The molecule has 116 valence electrons. The average Bonchev–Trinajstić information content (AvgIpc) is 2.96. The molecule has 0 spiro atoms. The van der Waals surface area contributed by atoms with Gasteiger partial charge in [-0.3, -0.25) is 4.90 Å². The third-order valence-corrected chi connectivity index (χ3v) is 4.26. The van der Waals surface area contributed by atoms with E-state index in [0.717, 1.165) is 44.0 Å². The molecule has 2 unspecified atom stereocenters. The first-order chi connectivity index (χ1) is 10.3. The number of hydrogen-bond acceptors (Lipinski definition) is 5. The van der Waals surface area contributed by atoms with Gasteiger partial charge < -0.3 is 19.9 Å². The van der Waals surface area contributed by atoms with Crippen LogP contribution in [-0.2, 0) is 4.74 Å². The molecule has 0 aromatic heterocycles. The minimum Gasteiger partial charge on any atom is -0.454 e. The molecule has 5 nitrogen and oxygen atoms in total. The highest BCUT2D eigenvalue weighted by molar-refractivity contribution is 5.45. The van der Waals surface area contributed by atoms with E-state index in [-0.39, 0.29) is 6.04 Å². The Balaban J connectivity index is 1.75. The van der Waals surface area contributed by atoms with Crippen LogP contribution in [-0.4, -0.2) is 44.0 Å². The summed E-state index contributed by atoms with van der Waals surface area (Å²) in [7, 11) is 0. The Bertz CT molecular complexity index is 479. The maximum absolute atomic E-state index is 6.05. The highest BCUT2D eigenvalue weighted by Gasteiger charge is 2.27. The van der Waals surface area contributed by atoms with E-state index in [4.69, 9.17) is 19.9 Å². The van der Waals surface area contributed by atoms with Gasteiger partial charge in [0.1, 0.15) is 0 Å². The van der Waals surface area contributed by atoms with E-state index < -0.39 is 0 Å². The van der Waals surface area contributed by atoms with Crippen LogP contribution < -0.4 is 15.2 Å². The molecule has 1 aromatic carbocycles. The van der Waals surface area contributed by atoms with Crippen molar-refractivity contribution in [1.82, 2.24) is 4.90 Å². The van der Waals surface area contributed by atoms with Gasteiger partial charge in [0.15, 0.2) is 11.5 Å². The third kappa shape index (κ3) is 3.15. The number of likely N-dealkylation sites (tertiary alicyclic amines) is 1. The molecule has 2 aliphatic rings. The number of ether oxygens (including phenoxy) is 3. The summed E-state index contributed by atoms with van der Waals surface area (Å²) in [6, 6.07) is 6.34. The maximum atomic E-state index is 6.05. The zero-order chi connectivity index (χ0) is 14.7. The van der Waals surface area contributed by atoms with E-state index in [1.807, 2.05) is 6.07 Å². The second-order valence-corrected chi connectivity index (χ2v) is 5.58. The van der Waals surface area contributed by atoms with E-state index >= 15 is 0 Å². The maximum Gasteiger partial charge on any atom is 0.231 e. The van der Waals surface area contributed by atoms with E-state index in [9.17, 15) is 0 Å². The van der Waals surface area contributed by atoms with Gasteiger partial charge in [-0.1, -0.05) is 6.07 Å². The molecular weight excluding hydrogens is 268 g/mol. The van der Waals surface area contributed by atoms with E-state index in [0.29, 0.717) is 19.4 Å². The summed E-state index contributed by atoms with van der Waals surface area (Å²) in [5.74, 6) is 1.64. The lowest BCUT2D eigenvalue weighted by atomic mass is 10.00. The summed E-state index contributed by atoms with van der Waals surface area (Å²) in [6.07, 6.45) is 2.63. The highest BCUT2D eigenvalue weighted by atomic mass is 16.7. The number of benzene rings is 1. The Hall–Kier alpha value is -1.30. The quantitative estimate of drug-likeness (QED) is 0.898. The molecule has 21 heavy (non-hydrogen) atoms. The zero-order valence-electron chi connectivity index (χ0n) is 12.6.